The maximum absolute atomic E-state index is 7.40. The van der Waals surface area contributed by atoms with Crippen LogP contribution in [-0.2, 0) is 0 Å². The van der Waals surface area contributed by atoms with Gasteiger partial charge in [0.25, 0.3) is 0 Å². The molecule has 1 rings (SSSR count). The summed E-state index contributed by atoms with van der Waals surface area (Å²) in [6, 6.07) is 0.164. The fraction of sp³-hybridized carbons (Fsp3) is 0.667. The van der Waals surface area contributed by atoms with Crippen LogP contribution in [-0.4, -0.2) is 29.9 Å². The van der Waals surface area contributed by atoms with E-state index in [1.54, 1.807) is 0 Å². The van der Waals surface area contributed by atoms with Crippen LogP contribution in [0.2, 0.25) is 0 Å². The highest BCUT2D eigenvalue weighted by Gasteiger charge is 2.23. The lowest BCUT2D eigenvalue weighted by Crippen LogP contribution is -2.47. The van der Waals surface area contributed by atoms with E-state index < -0.39 is 0 Å². The fourth-order valence-corrected chi connectivity index (χ4v) is 1.73. The van der Waals surface area contributed by atoms with Crippen LogP contribution in [0.25, 0.3) is 0 Å². The molecule has 0 aliphatic carbocycles. The Balaban J connectivity index is 2.53. The number of nitrogens with one attached hydrogen (secondary N) is 1. The van der Waals surface area contributed by atoms with Gasteiger partial charge in [0.15, 0.2) is 0 Å². The lowest BCUT2D eigenvalue weighted by molar-refractivity contribution is 0.211. The molecule has 1 aliphatic heterocycles. The minimum absolute atomic E-state index is 0.164. The minimum atomic E-state index is 0.164. The van der Waals surface area contributed by atoms with E-state index in [4.69, 9.17) is 11.1 Å². The van der Waals surface area contributed by atoms with Gasteiger partial charge in [0.1, 0.15) is 5.84 Å². The standard InChI is InChI=1S/C9H17N3/c1-2-6-12-7-4-3-5-8(12)9(10)11/h2,8H,1,3-7H2,(H3,10,11). The van der Waals surface area contributed by atoms with Crippen molar-refractivity contribution in [3.63, 3.8) is 0 Å². The van der Waals surface area contributed by atoms with E-state index in [9.17, 15) is 0 Å². The molecule has 0 spiro atoms. The summed E-state index contributed by atoms with van der Waals surface area (Å²) in [4.78, 5) is 2.22. The van der Waals surface area contributed by atoms with Gasteiger partial charge in [-0.25, -0.2) is 0 Å². The number of hydrogen-bond acceptors (Lipinski definition) is 2. The van der Waals surface area contributed by atoms with E-state index in [1.807, 2.05) is 6.08 Å². The second-order valence-corrected chi connectivity index (χ2v) is 3.25. The second kappa shape index (κ2) is 4.26. The SMILES string of the molecule is C=CCN1CCCCC1C(=N)N. The molecule has 0 amide bonds. The number of nitrogens with zero attached hydrogens (tertiary/aromatic N) is 1. The third-order valence-electron chi connectivity index (χ3n) is 2.34. The summed E-state index contributed by atoms with van der Waals surface area (Å²) >= 11 is 0. The average Bonchev–Trinajstić information content (AvgIpc) is 2.05. The molecule has 0 aromatic carbocycles. The maximum Gasteiger partial charge on any atom is 0.108 e. The topological polar surface area (TPSA) is 53.1 Å². The molecule has 0 aromatic rings. The van der Waals surface area contributed by atoms with Gasteiger partial charge in [0, 0.05) is 6.54 Å². The van der Waals surface area contributed by atoms with Crippen LogP contribution in [0.1, 0.15) is 19.3 Å². The summed E-state index contributed by atoms with van der Waals surface area (Å²) in [6.45, 7) is 5.60. The number of amidine groups is 1. The first kappa shape index (κ1) is 9.26. The molecule has 1 saturated heterocycles. The Morgan fingerprint density at radius 1 is 1.67 bits per heavy atom. The minimum Gasteiger partial charge on any atom is -0.386 e. The number of likely N-dealkylation sites (tertiary alicyclic amines) is 1. The van der Waals surface area contributed by atoms with Gasteiger partial charge >= 0.3 is 0 Å². The summed E-state index contributed by atoms with van der Waals surface area (Å²) < 4.78 is 0. The van der Waals surface area contributed by atoms with E-state index in [-0.39, 0.29) is 6.04 Å². The van der Waals surface area contributed by atoms with E-state index >= 15 is 0 Å². The van der Waals surface area contributed by atoms with Gasteiger partial charge in [-0.3, -0.25) is 10.3 Å². The summed E-state index contributed by atoms with van der Waals surface area (Å²) in [7, 11) is 0. The van der Waals surface area contributed by atoms with Crippen molar-refractivity contribution in [3.8, 4) is 0 Å². The van der Waals surface area contributed by atoms with Gasteiger partial charge in [-0.05, 0) is 19.4 Å². The Labute approximate surface area is 73.7 Å². The summed E-state index contributed by atoms with van der Waals surface area (Å²) in [5.74, 6) is 0.302. The van der Waals surface area contributed by atoms with E-state index in [0.29, 0.717) is 5.84 Å². The van der Waals surface area contributed by atoms with Gasteiger partial charge in [0.05, 0.1) is 6.04 Å². The Morgan fingerprint density at radius 3 is 3.00 bits per heavy atom. The van der Waals surface area contributed by atoms with Gasteiger partial charge in [-0.1, -0.05) is 12.5 Å². The van der Waals surface area contributed by atoms with Gasteiger partial charge in [-0.2, -0.15) is 0 Å². The number of hydrogen-bond donors (Lipinski definition) is 2. The first-order chi connectivity index (χ1) is 5.75. The molecule has 3 heteroatoms. The quantitative estimate of drug-likeness (QED) is 0.374. The Hall–Kier alpha value is -0.830. The van der Waals surface area contributed by atoms with Crippen LogP contribution in [0.4, 0.5) is 0 Å². The second-order valence-electron chi connectivity index (χ2n) is 3.25. The summed E-state index contributed by atoms with van der Waals surface area (Å²) in [6.07, 6.45) is 5.32. The highest BCUT2D eigenvalue weighted by molar-refractivity contribution is 5.82. The molecule has 3 N–H and O–H groups in total. The molecule has 12 heavy (non-hydrogen) atoms. The zero-order chi connectivity index (χ0) is 8.97. The van der Waals surface area contributed by atoms with Crippen LogP contribution in [0.5, 0.6) is 0 Å². The van der Waals surface area contributed by atoms with Crippen molar-refractivity contribution in [1.82, 2.24) is 4.90 Å². The third-order valence-corrected chi connectivity index (χ3v) is 2.34. The van der Waals surface area contributed by atoms with Crippen molar-refractivity contribution in [3.05, 3.63) is 12.7 Å². The van der Waals surface area contributed by atoms with Crippen molar-refractivity contribution >= 4 is 5.84 Å². The molecule has 1 aliphatic rings. The van der Waals surface area contributed by atoms with Crippen molar-refractivity contribution in [2.75, 3.05) is 13.1 Å². The number of piperidine rings is 1. The van der Waals surface area contributed by atoms with Crippen LogP contribution < -0.4 is 5.73 Å². The lowest BCUT2D eigenvalue weighted by atomic mass is 10.0. The van der Waals surface area contributed by atoms with Crippen LogP contribution >= 0.6 is 0 Å². The molecule has 68 valence electrons. The van der Waals surface area contributed by atoms with E-state index in [2.05, 4.69) is 11.5 Å². The van der Waals surface area contributed by atoms with Gasteiger partial charge < -0.3 is 5.73 Å². The monoisotopic (exact) mass is 167 g/mol. The number of rotatable bonds is 3. The fourth-order valence-electron chi connectivity index (χ4n) is 1.73. The summed E-state index contributed by atoms with van der Waals surface area (Å²) in [5, 5.41) is 7.40. The molecular formula is C9H17N3. The smallest absolute Gasteiger partial charge is 0.108 e. The Kier molecular flexibility index (Phi) is 3.29. The molecule has 0 saturated carbocycles. The highest BCUT2D eigenvalue weighted by atomic mass is 15.2. The molecule has 3 nitrogen and oxygen atoms in total. The lowest BCUT2D eigenvalue weighted by Gasteiger charge is -2.33. The van der Waals surface area contributed by atoms with Crippen molar-refractivity contribution in [2.24, 2.45) is 5.73 Å². The van der Waals surface area contributed by atoms with Crippen LogP contribution in [0, 0.1) is 5.41 Å². The van der Waals surface area contributed by atoms with Crippen molar-refractivity contribution in [1.29, 1.82) is 5.41 Å². The van der Waals surface area contributed by atoms with Crippen LogP contribution in [0.3, 0.4) is 0 Å². The molecule has 1 fully saturated rings. The van der Waals surface area contributed by atoms with E-state index in [1.165, 1.54) is 12.8 Å². The molecule has 0 radical (unpaired) electrons. The van der Waals surface area contributed by atoms with Crippen molar-refractivity contribution in [2.45, 2.75) is 25.3 Å². The van der Waals surface area contributed by atoms with Crippen LogP contribution in [0.15, 0.2) is 12.7 Å². The molecule has 1 heterocycles. The zero-order valence-electron chi connectivity index (χ0n) is 7.42. The van der Waals surface area contributed by atoms with E-state index in [0.717, 1.165) is 19.5 Å². The normalized spacial score (nSPS) is 25.2. The largest absolute Gasteiger partial charge is 0.386 e. The molecule has 1 unspecified atom stereocenters. The first-order valence-corrected chi connectivity index (χ1v) is 4.44. The molecule has 0 aromatic heterocycles. The summed E-state index contributed by atoms with van der Waals surface area (Å²) in [5.41, 5.74) is 5.50. The zero-order valence-corrected chi connectivity index (χ0v) is 7.42. The third kappa shape index (κ3) is 2.08. The highest BCUT2D eigenvalue weighted by Crippen LogP contribution is 2.16. The van der Waals surface area contributed by atoms with Crippen molar-refractivity contribution < 1.29 is 0 Å². The first-order valence-electron chi connectivity index (χ1n) is 4.44. The maximum atomic E-state index is 7.40. The van der Waals surface area contributed by atoms with Gasteiger partial charge in [0.2, 0.25) is 0 Å². The molecule has 1 atom stereocenters. The predicted octanol–water partition coefficient (Wildman–Crippen LogP) is 0.963. The Bertz CT molecular complexity index is 177. The average molecular weight is 167 g/mol. The van der Waals surface area contributed by atoms with Gasteiger partial charge in [-0.15, -0.1) is 6.58 Å². The predicted molar refractivity (Wildman–Crippen MR) is 51.3 cm³/mol. The number of nitrogens with two attached hydrogens (primary N) is 1. The molecular weight excluding hydrogens is 150 g/mol. The Morgan fingerprint density at radius 2 is 2.42 bits per heavy atom. The molecule has 0 bridgehead atoms.